The molecule has 2 rings (SSSR count). The molecule has 0 unspecified atom stereocenters. The highest BCUT2D eigenvalue weighted by molar-refractivity contribution is 5.91. The number of rotatable bonds is 9. The maximum Gasteiger partial charge on any atom is 0.338 e. The third-order valence-electron chi connectivity index (χ3n) is 4.12. The summed E-state index contributed by atoms with van der Waals surface area (Å²) in [6.07, 6.45) is 1.86. The van der Waals surface area contributed by atoms with Crippen LogP contribution in [0, 0.1) is 13.8 Å². The molecule has 2 aromatic rings. The molecular formula is C20H26N2O5. The van der Waals surface area contributed by atoms with Crippen LogP contribution in [-0.4, -0.2) is 29.7 Å². The lowest BCUT2D eigenvalue weighted by atomic mass is 10.2. The SMILES string of the molecule is CCC[C@H](C)NC(=O)COC(=O)c1ccc(OCc2c(C)noc2C)cc1. The average molecular weight is 374 g/mol. The van der Waals surface area contributed by atoms with Crippen molar-refractivity contribution in [2.75, 3.05) is 6.61 Å². The largest absolute Gasteiger partial charge is 0.489 e. The average Bonchev–Trinajstić information content (AvgIpc) is 2.96. The molecule has 0 aliphatic rings. The van der Waals surface area contributed by atoms with Crippen LogP contribution in [0.2, 0.25) is 0 Å². The molecule has 0 bridgehead atoms. The topological polar surface area (TPSA) is 90.7 Å². The smallest absolute Gasteiger partial charge is 0.338 e. The maximum atomic E-state index is 12.0. The van der Waals surface area contributed by atoms with Gasteiger partial charge in [-0.3, -0.25) is 4.79 Å². The van der Waals surface area contributed by atoms with E-state index in [9.17, 15) is 9.59 Å². The minimum Gasteiger partial charge on any atom is -0.489 e. The molecule has 146 valence electrons. The summed E-state index contributed by atoms with van der Waals surface area (Å²) in [5, 5.41) is 6.67. The Morgan fingerprint density at radius 1 is 1.22 bits per heavy atom. The number of ether oxygens (including phenoxy) is 2. The van der Waals surface area contributed by atoms with Gasteiger partial charge < -0.3 is 19.3 Å². The second kappa shape index (κ2) is 9.75. The van der Waals surface area contributed by atoms with E-state index in [0.717, 1.165) is 29.9 Å². The molecule has 0 saturated heterocycles. The first-order valence-corrected chi connectivity index (χ1v) is 9.01. The molecule has 0 fully saturated rings. The number of esters is 1. The van der Waals surface area contributed by atoms with E-state index in [2.05, 4.69) is 10.5 Å². The van der Waals surface area contributed by atoms with Crippen LogP contribution >= 0.6 is 0 Å². The normalized spacial score (nSPS) is 11.7. The van der Waals surface area contributed by atoms with Crippen molar-refractivity contribution in [3.63, 3.8) is 0 Å². The van der Waals surface area contributed by atoms with E-state index in [1.807, 2.05) is 27.7 Å². The Balaban J connectivity index is 1.82. The van der Waals surface area contributed by atoms with E-state index >= 15 is 0 Å². The number of aryl methyl sites for hydroxylation is 2. The zero-order valence-corrected chi connectivity index (χ0v) is 16.2. The van der Waals surface area contributed by atoms with Gasteiger partial charge in [0.1, 0.15) is 18.1 Å². The molecule has 0 radical (unpaired) electrons. The molecule has 1 amide bonds. The lowest BCUT2D eigenvalue weighted by Crippen LogP contribution is -2.35. The van der Waals surface area contributed by atoms with Gasteiger partial charge in [-0.1, -0.05) is 18.5 Å². The molecule has 1 aromatic carbocycles. The fraction of sp³-hybridized carbons (Fsp3) is 0.450. The number of aromatic nitrogens is 1. The predicted molar refractivity (Wildman–Crippen MR) is 99.5 cm³/mol. The minimum absolute atomic E-state index is 0.0651. The van der Waals surface area contributed by atoms with Crippen molar-refractivity contribution in [2.45, 2.75) is 53.2 Å². The van der Waals surface area contributed by atoms with Gasteiger partial charge in [0, 0.05) is 6.04 Å². The van der Waals surface area contributed by atoms with Crippen molar-refractivity contribution >= 4 is 11.9 Å². The third kappa shape index (κ3) is 6.13. The summed E-state index contributed by atoms with van der Waals surface area (Å²) < 4.78 is 15.8. The second-order valence-corrected chi connectivity index (χ2v) is 6.45. The van der Waals surface area contributed by atoms with Crippen LogP contribution in [0.3, 0.4) is 0 Å². The standard InChI is InChI=1S/C20H26N2O5/c1-5-6-13(2)21-19(23)12-26-20(24)16-7-9-17(10-8-16)25-11-18-14(3)22-27-15(18)4/h7-10,13H,5-6,11-12H2,1-4H3,(H,21,23)/t13-/m0/s1. The first-order valence-electron chi connectivity index (χ1n) is 9.01. The van der Waals surface area contributed by atoms with Gasteiger partial charge in [-0.05, 0) is 51.5 Å². The molecule has 7 nitrogen and oxygen atoms in total. The van der Waals surface area contributed by atoms with Gasteiger partial charge in [0.15, 0.2) is 6.61 Å². The molecule has 0 aliphatic carbocycles. The maximum absolute atomic E-state index is 12.0. The van der Waals surface area contributed by atoms with Gasteiger partial charge in [-0.25, -0.2) is 4.79 Å². The fourth-order valence-corrected chi connectivity index (χ4v) is 2.59. The highest BCUT2D eigenvalue weighted by atomic mass is 16.5. The highest BCUT2D eigenvalue weighted by Crippen LogP contribution is 2.18. The van der Waals surface area contributed by atoms with Crippen LogP contribution in [0.5, 0.6) is 5.75 Å². The predicted octanol–water partition coefficient (Wildman–Crippen LogP) is 3.33. The lowest BCUT2D eigenvalue weighted by Gasteiger charge is -2.12. The van der Waals surface area contributed by atoms with Crippen molar-refractivity contribution in [2.24, 2.45) is 0 Å². The summed E-state index contributed by atoms with van der Waals surface area (Å²) in [5.41, 5.74) is 2.05. The molecule has 0 spiro atoms. The number of hydrogen-bond donors (Lipinski definition) is 1. The van der Waals surface area contributed by atoms with Crippen molar-refractivity contribution in [3.8, 4) is 5.75 Å². The van der Waals surface area contributed by atoms with Crippen LogP contribution in [0.15, 0.2) is 28.8 Å². The van der Waals surface area contributed by atoms with Gasteiger partial charge in [0.25, 0.3) is 5.91 Å². The Morgan fingerprint density at radius 2 is 1.93 bits per heavy atom. The van der Waals surface area contributed by atoms with E-state index in [-0.39, 0.29) is 18.6 Å². The number of carbonyl (C=O) groups is 2. The van der Waals surface area contributed by atoms with Crippen LogP contribution in [0.25, 0.3) is 0 Å². The van der Waals surface area contributed by atoms with Crippen LogP contribution in [-0.2, 0) is 16.1 Å². The van der Waals surface area contributed by atoms with Gasteiger partial charge in [0.05, 0.1) is 16.8 Å². The summed E-state index contributed by atoms with van der Waals surface area (Å²) in [5.74, 6) is 0.478. The van der Waals surface area contributed by atoms with Crippen molar-refractivity contribution in [1.29, 1.82) is 0 Å². The summed E-state index contributed by atoms with van der Waals surface area (Å²) in [7, 11) is 0. The van der Waals surface area contributed by atoms with Crippen LogP contribution in [0.1, 0.15) is 54.1 Å². The quantitative estimate of drug-likeness (QED) is 0.677. The fourth-order valence-electron chi connectivity index (χ4n) is 2.59. The molecule has 1 aromatic heterocycles. The molecule has 1 atom stereocenters. The first kappa shape index (κ1) is 20.5. The molecule has 7 heteroatoms. The first-order chi connectivity index (χ1) is 12.9. The van der Waals surface area contributed by atoms with Gasteiger partial charge in [0.2, 0.25) is 0 Å². The lowest BCUT2D eigenvalue weighted by molar-refractivity contribution is -0.124. The molecular weight excluding hydrogens is 348 g/mol. The highest BCUT2D eigenvalue weighted by Gasteiger charge is 2.13. The Bertz CT molecular complexity index is 748. The van der Waals surface area contributed by atoms with Gasteiger partial charge in [-0.15, -0.1) is 0 Å². The monoisotopic (exact) mass is 374 g/mol. The zero-order valence-electron chi connectivity index (χ0n) is 16.2. The van der Waals surface area contributed by atoms with Crippen LogP contribution in [0.4, 0.5) is 0 Å². The molecule has 1 heterocycles. The molecule has 0 aliphatic heterocycles. The van der Waals surface area contributed by atoms with Crippen molar-refractivity contribution < 1.29 is 23.6 Å². The van der Waals surface area contributed by atoms with Gasteiger partial charge >= 0.3 is 5.97 Å². The Kier molecular flexibility index (Phi) is 7.40. The van der Waals surface area contributed by atoms with Crippen molar-refractivity contribution in [1.82, 2.24) is 10.5 Å². The minimum atomic E-state index is -0.550. The summed E-state index contributed by atoms with van der Waals surface area (Å²) in [6, 6.07) is 6.62. The number of hydrogen-bond acceptors (Lipinski definition) is 6. The molecule has 0 saturated carbocycles. The van der Waals surface area contributed by atoms with Crippen LogP contribution < -0.4 is 10.1 Å². The molecule has 1 N–H and O–H groups in total. The Morgan fingerprint density at radius 3 is 2.52 bits per heavy atom. The van der Waals surface area contributed by atoms with E-state index in [1.54, 1.807) is 24.3 Å². The van der Waals surface area contributed by atoms with Gasteiger partial charge in [-0.2, -0.15) is 0 Å². The Hall–Kier alpha value is -2.83. The van der Waals surface area contributed by atoms with Crippen molar-refractivity contribution in [3.05, 3.63) is 46.8 Å². The summed E-state index contributed by atoms with van der Waals surface area (Å²) >= 11 is 0. The second-order valence-electron chi connectivity index (χ2n) is 6.45. The number of nitrogens with one attached hydrogen (secondary N) is 1. The summed E-state index contributed by atoms with van der Waals surface area (Å²) in [4.78, 5) is 23.8. The number of carbonyl (C=O) groups excluding carboxylic acids is 2. The Labute approximate surface area is 159 Å². The third-order valence-corrected chi connectivity index (χ3v) is 4.12. The number of benzene rings is 1. The summed E-state index contributed by atoms with van der Waals surface area (Å²) in [6.45, 7) is 7.69. The zero-order chi connectivity index (χ0) is 19.8. The van der Waals surface area contributed by atoms with E-state index < -0.39 is 5.97 Å². The van der Waals surface area contributed by atoms with E-state index in [1.165, 1.54) is 0 Å². The molecule has 27 heavy (non-hydrogen) atoms. The van der Waals surface area contributed by atoms with E-state index in [0.29, 0.717) is 17.9 Å². The number of amides is 1. The number of nitrogens with zero attached hydrogens (tertiary/aromatic N) is 1. The van der Waals surface area contributed by atoms with E-state index in [4.69, 9.17) is 14.0 Å².